The van der Waals surface area contributed by atoms with Crippen LogP contribution in [0.1, 0.15) is 36.2 Å². The maximum Gasteiger partial charge on any atom is 0.167 e. The smallest absolute Gasteiger partial charge is 0.167 e. The SMILES string of the molecule is Cc1ccn(CCN2CCC[C@@H]2c2n[nH]c(C)n2)n1. The molecule has 0 aromatic carbocycles. The Hall–Kier alpha value is -1.69. The van der Waals surface area contributed by atoms with Gasteiger partial charge in [-0.05, 0) is 39.3 Å². The molecule has 3 rings (SSSR count). The number of hydrogen-bond acceptors (Lipinski definition) is 4. The standard InChI is InChI=1S/C13H20N6/c1-10-5-7-19(17-10)9-8-18-6-3-4-12(18)13-14-11(2)15-16-13/h5,7,12H,3-4,6,8-9H2,1-2H3,(H,14,15,16)/t12-/m1/s1. The predicted molar refractivity (Wildman–Crippen MR) is 71.6 cm³/mol. The number of nitrogens with one attached hydrogen (secondary N) is 1. The first-order chi connectivity index (χ1) is 9.22. The number of aromatic amines is 1. The minimum atomic E-state index is 0.363. The minimum Gasteiger partial charge on any atom is -0.291 e. The second-order valence-electron chi connectivity index (χ2n) is 5.19. The van der Waals surface area contributed by atoms with E-state index >= 15 is 0 Å². The van der Waals surface area contributed by atoms with Gasteiger partial charge in [0.15, 0.2) is 5.82 Å². The molecule has 1 aliphatic heterocycles. The van der Waals surface area contributed by atoms with Crippen LogP contribution in [0.2, 0.25) is 0 Å². The van der Waals surface area contributed by atoms with Gasteiger partial charge in [-0.15, -0.1) is 0 Å². The van der Waals surface area contributed by atoms with Gasteiger partial charge in [0, 0.05) is 12.7 Å². The fraction of sp³-hybridized carbons (Fsp3) is 0.615. The summed E-state index contributed by atoms with van der Waals surface area (Å²) < 4.78 is 2.01. The van der Waals surface area contributed by atoms with Gasteiger partial charge in [-0.2, -0.15) is 10.2 Å². The van der Waals surface area contributed by atoms with Crippen LogP contribution in [0.4, 0.5) is 0 Å². The van der Waals surface area contributed by atoms with Crippen molar-refractivity contribution >= 4 is 0 Å². The summed E-state index contributed by atoms with van der Waals surface area (Å²) in [4.78, 5) is 6.93. The van der Waals surface area contributed by atoms with Crippen molar-refractivity contribution in [2.75, 3.05) is 13.1 Å². The fourth-order valence-corrected chi connectivity index (χ4v) is 2.71. The molecule has 0 spiro atoms. The van der Waals surface area contributed by atoms with Crippen molar-refractivity contribution in [3.63, 3.8) is 0 Å². The monoisotopic (exact) mass is 260 g/mol. The zero-order valence-corrected chi connectivity index (χ0v) is 11.5. The van der Waals surface area contributed by atoms with Gasteiger partial charge in [-0.25, -0.2) is 4.98 Å². The first-order valence-electron chi connectivity index (χ1n) is 6.85. The lowest BCUT2D eigenvalue weighted by molar-refractivity contribution is 0.235. The Labute approximate surface area is 112 Å². The number of aromatic nitrogens is 5. The quantitative estimate of drug-likeness (QED) is 0.904. The molecule has 102 valence electrons. The van der Waals surface area contributed by atoms with Gasteiger partial charge in [0.2, 0.25) is 0 Å². The molecule has 2 aromatic rings. The fourth-order valence-electron chi connectivity index (χ4n) is 2.71. The van der Waals surface area contributed by atoms with Gasteiger partial charge in [0.25, 0.3) is 0 Å². The van der Waals surface area contributed by atoms with Crippen LogP contribution in [-0.4, -0.2) is 43.0 Å². The molecule has 2 aromatic heterocycles. The van der Waals surface area contributed by atoms with E-state index in [1.54, 1.807) is 0 Å². The molecule has 19 heavy (non-hydrogen) atoms. The van der Waals surface area contributed by atoms with Gasteiger partial charge >= 0.3 is 0 Å². The van der Waals surface area contributed by atoms with Crippen LogP contribution in [-0.2, 0) is 6.54 Å². The van der Waals surface area contributed by atoms with Crippen molar-refractivity contribution in [3.05, 3.63) is 29.6 Å². The lowest BCUT2D eigenvalue weighted by Crippen LogP contribution is -2.28. The zero-order valence-electron chi connectivity index (χ0n) is 11.5. The molecule has 6 nitrogen and oxygen atoms in total. The van der Waals surface area contributed by atoms with E-state index in [4.69, 9.17) is 0 Å². The molecule has 1 N–H and O–H groups in total. The summed E-state index contributed by atoms with van der Waals surface area (Å²) in [5.74, 6) is 1.83. The Balaban J connectivity index is 1.63. The summed E-state index contributed by atoms with van der Waals surface area (Å²) in [7, 11) is 0. The van der Waals surface area contributed by atoms with Crippen molar-refractivity contribution in [2.24, 2.45) is 0 Å². The third-order valence-electron chi connectivity index (χ3n) is 3.67. The molecule has 0 bridgehead atoms. The Kier molecular flexibility index (Phi) is 3.33. The highest BCUT2D eigenvalue weighted by atomic mass is 15.3. The highest BCUT2D eigenvalue weighted by Gasteiger charge is 2.28. The van der Waals surface area contributed by atoms with Gasteiger partial charge in [-0.3, -0.25) is 14.7 Å². The van der Waals surface area contributed by atoms with Crippen LogP contribution >= 0.6 is 0 Å². The molecule has 1 saturated heterocycles. The number of hydrogen-bond donors (Lipinski definition) is 1. The van der Waals surface area contributed by atoms with Gasteiger partial charge in [0.1, 0.15) is 5.82 Å². The Bertz CT molecular complexity index is 543. The summed E-state index contributed by atoms with van der Waals surface area (Å²) in [5, 5.41) is 11.7. The average molecular weight is 260 g/mol. The number of aryl methyl sites for hydroxylation is 2. The highest BCUT2D eigenvalue weighted by Crippen LogP contribution is 2.29. The molecular weight excluding hydrogens is 240 g/mol. The van der Waals surface area contributed by atoms with Crippen molar-refractivity contribution in [3.8, 4) is 0 Å². The summed E-state index contributed by atoms with van der Waals surface area (Å²) in [6, 6.07) is 2.40. The van der Waals surface area contributed by atoms with E-state index in [9.17, 15) is 0 Å². The Morgan fingerprint density at radius 1 is 1.37 bits per heavy atom. The zero-order chi connectivity index (χ0) is 13.2. The maximum absolute atomic E-state index is 4.47. The van der Waals surface area contributed by atoms with Crippen molar-refractivity contribution in [1.29, 1.82) is 0 Å². The number of nitrogens with zero attached hydrogens (tertiary/aromatic N) is 5. The predicted octanol–water partition coefficient (Wildman–Crippen LogP) is 1.46. The minimum absolute atomic E-state index is 0.363. The molecular formula is C13H20N6. The van der Waals surface area contributed by atoms with Crippen LogP contribution in [0.15, 0.2) is 12.3 Å². The van der Waals surface area contributed by atoms with Gasteiger partial charge in [0.05, 0.1) is 18.3 Å². The Morgan fingerprint density at radius 3 is 2.95 bits per heavy atom. The molecule has 0 amide bonds. The van der Waals surface area contributed by atoms with E-state index in [0.717, 1.165) is 43.4 Å². The van der Waals surface area contributed by atoms with Crippen molar-refractivity contribution in [1.82, 2.24) is 29.9 Å². The summed E-state index contributed by atoms with van der Waals surface area (Å²) in [5.41, 5.74) is 1.07. The molecule has 1 atom stereocenters. The van der Waals surface area contributed by atoms with E-state index in [0.29, 0.717) is 6.04 Å². The van der Waals surface area contributed by atoms with E-state index in [2.05, 4.69) is 25.2 Å². The first-order valence-corrected chi connectivity index (χ1v) is 6.85. The summed E-state index contributed by atoms with van der Waals surface area (Å²) >= 11 is 0. The molecule has 0 radical (unpaired) electrons. The largest absolute Gasteiger partial charge is 0.291 e. The van der Waals surface area contributed by atoms with Crippen molar-refractivity contribution < 1.29 is 0 Å². The number of rotatable bonds is 4. The molecule has 0 aliphatic carbocycles. The van der Waals surface area contributed by atoms with E-state index in [1.165, 1.54) is 6.42 Å². The molecule has 3 heterocycles. The topological polar surface area (TPSA) is 62.6 Å². The van der Waals surface area contributed by atoms with Gasteiger partial charge in [-0.1, -0.05) is 0 Å². The molecule has 0 unspecified atom stereocenters. The van der Waals surface area contributed by atoms with E-state index in [1.807, 2.05) is 30.8 Å². The second-order valence-corrected chi connectivity index (χ2v) is 5.19. The van der Waals surface area contributed by atoms with Crippen LogP contribution < -0.4 is 0 Å². The summed E-state index contributed by atoms with van der Waals surface area (Å²) in [6.45, 7) is 7.01. The van der Waals surface area contributed by atoms with Gasteiger partial charge < -0.3 is 0 Å². The highest BCUT2D eigenvalue weighted by molar-refractivity contribution is 4.99. The molecule has 6 heteroatoms. The van der Waals surface area contributed by atoms with Crippen LogP contribution in [0, 0.1) is 13.8 Å². The van der Waals surface area contributed by atoms with Crippen molar-refractivity contribution in [2.45, 2.75) is 39.3 Å². The number of H-pyrrole nitrogens is 1. The second kappa shape index (κ2) is 5.13. The summed E-state index contributed by atoms with van der Waals surface area (Å²) in [6.07, 6.45) is 4.41. The van der Waals surface area contributed by atoms with E-state index < -0.39 is 0 Å². The van der Waals surface area contributed by atoms with Crippen LogP contribution in [0.5, 0.6) is 0 Å². The third-order valence-corrected chi connectivity index (χ3v) is 3.67. The van der Waals surface area contributed by atoms with Crippen LogP contribution in [0.3, 0.4) is 0 Å². The lowest BCUT2D eigenvalue weighted by atomic mass is 10.2. The molecule has 1 aliphatic rings. The van der Waals surface area contributed by atoms with Crippen LogP contribution in [0.25, 0.3) is 0 Å². The lowest BCUT2D eigenvalue weighted by Gasteiger charge is -2.21. The van der Waals surface area contributed by atoms with E-state index in [-0.39, 0.29) is 0 Å². The maximum atomic E-state index is 4.47. The normalized spacial score (nSPS) is 20.2. The average Bonchev–Trinajstić information content (AvgIpc) is 3.07. The third kappa shape index (κ3) is 2.68. The first kappa shape index (κ1) is 12.3. The Morgan fingerprint density at radius 2 is 2.26 bits per heavy atom. The number of likely N-dealkylation sites (tertiary alicyclic amines) is 1. The molecule has 0 saturated carbocycles. The molecule has 1 fully saturated rings.